The van der Waals surface area contributed by atoms with E-state index in [1.807, 2.05) is 38.2 Å². The van der Waals surface area contributed by atoms with Gasteiger partial charge in [0.15, 0.2) is 0 Å². The molecule has 0 bridgehead atoms. The molecule has 4 aromatic rings. The lowest BCUT2D eigenvalue weighted by Crippen LogP contribution is -2.49. The van der Waals surface area contributed by atoms with Crippen LogP contribution in [0.1, 0.15) is 45.5 Å². The molecule has 47 heavy (non-hydrogen) atoms. The second kappa shape index (κ2) is 15.2. The normalized spacial score (nSPS) is 14.5. The lowest BCUT2D eigenvalue weighted by atomic mass is 10.1. The third-order valence-corrected chi connectivity index (χ3v) is 8.78. The lowest BCUT2D eigenvalue weighted by molar-refractivity contribution is -0.113. The highest BCUT2D eigenvalue weighted by atomic mass is 16.5. The highest BCUT2D eigenvalue weighted by molar-refractivity contribution is 6.12. The van der Waals surface area contributed by atoms with E-state index >= 15 is 0 Å². The highest BCUT2D eigenvalue weighted by Gasteiger charge is 2.23. The van der Waals surface area contributed by atoms with E-state index in [-0.39, 0.29) is 17.9 Å². The molecule has 1 fully saturated rings. The van der Waals surface area contributed by atoms with Crippen molar-refractivity contribution in [3.63, 3.8) is 0 Å². The van der Waals surface area contributed by atoms with Gasteiger partial charge in [-0.05, 0) is 81.3 Å². The van der Waals surface area contributed by atoms with Gasteiger partial charge in [-0.25, -0.2) is 4.98 Å². The van der Waals surface area contributed by atoms with Crippen molar-refractivity contribution in [1.29, 1.82) is 0 Å². The second-order valence-corrected chi connectivity index (χ2v) is 12.1. The van der Waals surface area contributed by atoms with E-state index in [0.29, 0.717) is 40.6 Å². The average Bonchev–Trinajstić information content (AvgIpc) is 3.47. The summed E-state index contributed by atoms with van der Waals surface area (Å²) in [7, 11) is 7.16. The van der Waals surface area contributed by atoms with Gasteiger partial charge in [-0.1, -0.05) is 12.1 Å². The zero-order chi connectivity index (χ0) is 33.5. The predicted octanol–water partition coefficient (Wildman–Crippen LogP) is 4.78. The van der Waals surface area contributed by atoms with Crippen molar-refractivity contribution in [2.75, 3.05) is 64.2 Å². The molecular weight excluding hydrogens is 596 g/mol. The molecule has 11 heteroatoms. The fourth-order valence-corrected chi connectivity index (χ4v) is 5.96. The van der Waals surface area contributed by atoms with Gasteiger partial charge in [-0.2, -0.15) is 0 Å². The number of likely N-dealkylation sites (N-methyl/N-ethyl adjacent to an activating group) is 1. The molecule has 0 saturated carbocycles. The number of benzene rings is 3. The number of hydrogen-bond donors (Lipinski definition) is 1. The van der Waals surface area contributed by atoms with Crippen molar-refractivity contribution in [2.45, 2.75) is 32.2 Å². The summed E-state index contributed by atoms with van der Waals surface area (Å²) in [6.07, 6.45) is 5.20. The number of aldehydes is 1. The first-order valence-electron chi connectivity index (χ1n) is 16.0. The number of anilines is 2. The van der Waals surface area contributed by atoms with Crippen molar-refractivity contribution < 1.29 is 23.9 Å². The highest BCUT2D eigenvalue weighted by Crippen LogP contribution is 2.32. The van der Waals surface area contributed by atoms with Crippen molar-refractivity contribution in [2.24, 2.45) is 7.05 Å². The summed E-state index contributed by atoms with van der Waals surface area (Å²) < 4.78 is 13.6. The molecule has 1 aliphatic rings. The van der Waals surface area contributed by atoms with Crippen LogP contribution in [0.15, 0.2) is 60.9 Å². The SMILES string of the molecule is COc1cc(C(=O)N(C)c2ccc(C)cc2OCCCCC(C=O)N2CCN(C)CC2)ccc1NC(=O)c1cccc2ncn(C)c12. The van der Waals surface area contributed by atoms with Gasteiger partial charge in [-0.3, -0.25) is 14.5 Å². The van der Waals surface area contributed by atoms with E-state index in [0.717, 1.165) is 68.3 Å². The first-order chi connectivity index (χ1) is 22.7. The number of fused-ring (bicyclic) bond motifs is 1. The van der Waals surface area contributed by atoms with Gasteiger partial charge in [0.25, 0.3) is 11.8 Å². The Morgan fingerprint density at radius 1 is 1.02 bits per heavy atom. The van der Waals surface area contributed by atoms with Crippen molar-refractivity contribution in [3.05, 3.63) is 77.6 Å². The number of nitrogens with one attached hydrogen (secondary N) is 1. The summed E-state index contributed by atoms with van der Waals surface area (Å²) >= 11 is 0. The Labute approximate surface area is 276 Å². The van der Waals surface area contributed by atoms with E-state index < -0.39 is 0 Å². The van der Waals surface area contributed by atoms with Crippen LogP contribution in [0.4, 0.5) is 11.4 Å². The van der Waals surface area contributed by atoms with E-state index in [2.05, 4.69) is 27.1 Å². The van der Waals surface area contributed by atoms with Crippen LogP contribution >= 0.6 is 0 Å². The largest absolute Gasteiger partial charge is 0.495 e. The second-order valence-electron chi connectivity index (χ2n) is 12.1. The number of carbonyl (C=O) groups is 3. The lowest BCUT2D eigenvalue weighted by Gasteiger charge is -2.35. The van der Waals surface area contributed by atoms with E-state index in [1.54, 1.807) is 53.2 Å². The standard InChI is InChI=1S/C36H44N6O5/c1-25-12-15-31(33(21-25)47-20-7-6-9-27(23-43)42-18-16-39(2)17-19-42)41(4)36(45)26-13-14-29(32(22-26)46-5)38-35(44)28-10-8-11-30-34(28)40(3)24-37-30/h8,10-15,21-24,27H,6-7,9,16-20H2,1-5H3,(H,38,44). The Morgan fingerprint density at radius 2 is 1.81 bits per heavy atom. The van der Waals surface area contributed by atoms with Crippen LogP contribution in [-0.4, -0.2) is 97.5 Å². The summed E-state index contributed by atoms with van der Waals surface area (Å²) in [5, 5.41) is 2.92. The number of hydrogen-bond acceptors (Lipinski definition) is 8. The van der Waals surface area contributed by atoms with Crippen molar-refractivity contribution in [1.82, 2.24) is 19.4 Å². The summed E-state index contributed by atoms with van der Waals surface area (Å²) in [5.41, 5.74) is 4.43. The molecule has 1 aliphatic heterocycles. The molecular formula is C36H44N6O5. The maximum absolute atomic E-state index is 13.7. The van der Waals surface area contributed by atoms with Gasteiger partial charge in [-0.15, -0.1) is 0 Å². The summed E-state index contributed by atoms with van der Waals surface area (Å²) in [6.45, 7) is 6.24. The molecule has 1 N–H and O–H groups in total. The molecule has 1 saturated heterocycles. The van der Waals surface area contributed by atoms with Crippen molar-refractivity contribution >= 4 is 40.5 Å². The van der Waals surface area contributed by atoms with Gasteiger partial charge in [0.05, 0.1) is 54.1 Å². The van der Waals surface area contributed by atoms with Gasteiger partial charge in [0.2, 0.25) is 0 Å². The Hall–Kier alpha value is -4.74. The first kappa shape index (κ1) is 33.6. The van der Waals surface area contributed by atoms with Crippen LogP contribution < -0.4 is 19.7 Å². The van der Waals surface area contributed by atoms with E-state index in [1.165, 1.54) is 7.11 Å². The maximum atomic E-state index is 13.7. The third kappa shape index (κ3) is 7.81. The first-order valence-corrected chi connectivity index (χ1v) is 16.0. The third-order valence-electron chi connectivity index (χ3n) is 8.78. The zero-order valence-corrected chi connectivity index (χ0v) is 27.9. The molecule has 248 valence electrons. The number of carbonyl (C=O) groups excluding carboxylic acids is 3. The number of ether oxygens (including phenoxy) is 2. The van der Waals surface area contributed by atoms with Gasteiger partial charge in [0.1, 0.15) is 17.8 Å². The fraction of sp³-hybridized carbons (Fsp3) is 0.389. The topological polar surface area (TPSA) is 109 Å². The van der Waals surface area contributed by atoms with Crippen LogP contribution in [0.5, 0.6) is 11.5 Å². The molecule has 0 aliphatic carbocycles. The number of methoxy groups -OCH3 is 1. The number of imidazole rings is 1. The van der Waals surface area contributed by atoms with Gasteiger partial charge >= 0.3 is 0 Å². The Kier molecular flexibility index (Phi) is 10.9. The number of amides is 2. The fourth-order valence-electron chi connectivity index (χ4n) is 5.96. The molecule has 0 spiro atoms. The van der Waals surface area contributed by atoms with Crippen LogP contribution in [0.25, 0.3) is 11.0 Å². The number of piperazine rings is 1. The molecule has 3 aromatic carbocycles. The van der Waals surface area contributed by atoms with Crippen LogP contribution in [0.2, 0.25) is 0 Å². The number of aromatic nitrogens is 2. The molecule has 11 nitrogen and oxygen atoms in total. The minimum absolute atomic E-state index is 0.0611. The minimum atomic E-state index is -0.309. The number of aryl methyl sites for hydroxylation is 2. The number of nitrogens with zero attached hydrogens (tertiary/aromatic N) is 5. The molecule has 1 unspecified atom stereocenters. The summed E-state index contributed by atoms with van der Waals surface area (Å²) in [4.78, 5) is 49.2. The van der Waals surface area contributed by atoms with Crippen LogP contribution in [0, 0.1) is 6.92 Å². The summed E-state index contributed by atoms with van der Waals surface area (Å²) in [6, 6.07) is 16.0. The van der Waals surface area contributed by atoms with Gasteiger partial charge < -0.3 is 34.0 Å². The van der Waals surface area contributed by atoms with Crippen molar-refractivity contribution in [3.8, 4) is 11.5 Å². The number of rotatable bonds is 13. The average molecular weight is 641 g/mol. The predicted molar refractivity (Wildman–Crippen MR) is 184 cm³/mol. The Balaban J connectivity index is 1.22. The Bertz CT molecular complexity index is 1730. The number of unbranched alkanes of at least 4 members (excludes halogenated alkanes) is 1. The monoisotopic (exact) mass is 640 g/mol. The maximum Gasteiger partial charge on any atom is 0.258 e. The number of para-hydroxylation sites is 1. The zero-order valence-electron chi connectivity index (χ0n) is 27.9. The Morgan fingerprint density at radius 3 is 2.55 bits per heavy atom. The molecule has 2 amide bonds. The molecule has 0 radical (unpaired) electrons. The quantitative estimate of drug-likeness (QED) is 0.164. The van der Waals surface area contributed by atoms with E-state index in [9.17, 15) is 14.4 Å². The molecule has 1 atom stereocenters. The van der Waals surface area contributed by atoms with Gasteiger partial charge in [0, 0.05) is 45.8 Å². The molecule has 5 rings (SSSR count). The molecule has 1 aromatic heterocycles. The van der Waals surface area contributed by atoms with Crippen LogP contribution in [0.3, 0.4) is 0 Å². The van der Waals surface area contributed by atoms with Crippen LogP contribution in [-0.2, 0) is 11.8 Å². The minimum Gasteiger partial charge on any atom is -0.495 e. The van der Waals surface area contributed by atoms with E-state index in [4.69, 9.17) is 9.47 Å². The summed E-state index contributed by atoms with van der Waals surface area (Å²) in [5.74, 6) is 0.416. The molecule has 2 heterocycles. The smallest absolute Gasteiger partial charge is 0.258 e.